The summed E-state index contributed by atoms with van der Waals surface area (Å²) in [6, 6.07) is 5.11. The number of hydrogen-bond donors (Lipinski definition) is 2. The molecule has 6 heteroatoms. The van der Waals surface area contributed by atoms with Gasteiger partial charge >= 0.3 is 0 Å². The van der Waals surface area contributed by atoms with Gasteiger partial charge in [0.25, 0.3) is 0 Å². The van der Waals surface area contributed by atoms with Gasteiger partial charge in [0, 0.05) is 5.69 Å². The molecule has 1 aromatic rings. The van der Waals surface area contributed by atoms with E-state index in [4.69, 9.17) is 21.1 Å². The van der Waals surface area contributed by atoms with Crippen molar-refractivity contribution in [1.29, 1.82) is 0 Å². The summed E-state index contributed by atoms with van der Waals surface area (Å²) >= 11 is 6.00. The first-order chi connectivity index (χ1) is 9.69. The van der Waals surface area contributed by atoms with Gasteiger partial charge in [-0.1, -0.05) is 11.6 Å². The van der Waals surface area contributed by atoms with E-state index in [1.54, 1.807) is 25.3 Å². The zero-order valence-corrected chi connectivity index (χ0v) is 12.2. The summed E-state index contributed by atoms with van der Waals surface area (Å²) in [7, 11) is 1.55. The fourth-order valence-electron chi connectivity index (χ4n) is 2.10. The lowest BCUT2D eigenvalue weighted by Gasteiger charge is -2.22. The first-order valence-electron chi connectivity index (χ1n) is 6.65. The molecule has 2 N–H and O–H groups in total. The van der Waals surface area contributed by atoms with Crippen LogP contribution in [0, 0.1) is 0 Å². The minimum atomic E-state index is -0.176. The zero-order valence-electron chi connectivity index (χ0n) is 11.4. The van der Waals surface area contributed by atoms with E-state index in [1.165, 1.54) is 0 Å². The van der Waals surface area contributed by atoms with Crippen LogP contribution in [-0.4, -0.2) is 38.8 Å². The Balaban J connectivity index is 1.80. The van der Waals surface area contributed by atoms with Crippen LogP contribution in [-0.2, 0) is 9.53 Å². The molecule has 0 saturated carbocycles. The lowest BCUT2D eigenvalue weighted by atomic mass is 10.1. The highest BCUT2D eigenvalue weighted by Gasteiger charge is 2.15. The molecule has 5 nitrogen and oxygen atoms in total. The summed E-state index contributed by atoms with van der Waals surface area (Å²) in [6.07, 6.45) is 2.06. The third-order valence-electron chi connectivity index (χ3n) is 3.17. The summed E-state index contributed by atoms with van der Waals surface area (Å²) in [5.74, 6) is 0.403. The molecule has 20 heavy (non-hydrogen) atoms. The lowest BCUT2D eigenvalue weighted by Crippen LogP contribution is -2.34. The molecule has 0 unspecified atom stereocenters. The van der Waals surface area contributed by atoms with E-state index in [1.807, 2.05) is 0 Å². The van der Waals surface area contributed by atoms with Gasteiger partial charge in [-0.3, -0.25) is 4.79 Å². The van der Waals surface area contributed by atoms with Crippen molar-refractivity contribution in [3.63, 3.8) is 0 Å². The van der Waals surface area contributed by atoms with E-state index in [0.29, 0.717) is 16.5 Å². The Morgan fingerprint density at radius 3 is 2.85 bits per heavy atom. The SMILES string of the molecule is COc1ccc(NC(=O)COC2CCNCC2)cc1Cl. The molecular formula is C14H19ClN2O3. The zero-order chi connectivity index (χ0) is 14.4. The van der Waals surface area contributed by atoms with Crippen molar-refractivity contribution in [3.8, 4) is 5.75 Å². The Bertz CT molecular complexity index is 462. The number of anilines is 1. The Hall–Kier alpha value is -1.30. The molecule has 0 atom stereocenters. The van der Waals surface area contributed by atoms with Gasteiger partial charge in [0.15, 0.2) is 0 Å². The maximum absolute atomic E-state index is 11.8. The molecule has 0 bridgehead atoms. The number of carbonyl (C=O) groups is 1. The number of carbonyl (C=O) groups excluding carboxylic acids is 1. The van der Waals surface area contributed by atoms with Crippen LogP contribution in [0.2, 0.25) is 5.02 Å². The largest absolute Gasteiger partial charge is 0.495 e. The first kappa shape index (κ1) is 15.1. The highest BCUT2D eigenvalue weighted by molar-refractivity contribution is 6.32. The maximum Gasteiger partial charge on any atom is 0.250 e. The predicted octanol–water partition coefficient (Wildman–Crippen LogP) is 2.06. The minimum absolute atomic E-state index is 0.0638. The Labute approximate surface area is 123 Å². The number of amides is 1. The fourth-order valence-corrected chi connectivity index (χ4v) is 2.35. The van der Waals surface area contributed by atoms with Crippen molar-refractivity contribution in [2.75, 3.05) is 32.1 Å². The first-order valence-corrected chi connectivity index (χ1v) is 7.02. The monoisotopic (exact) mass is 298 g/mol. The highest BCUT2D eigenvalue weighted by atomic mass is 35.5. The van der Waals surface area contributed by atoms with Gasteiger partial charge in [-0.05, 0) is 44.1 Å². The Kier molecular flexibility index (Phi) is 5.64. The summed E-state index contributed by atoms with van der Waals surface area (Å²) in [5.41, 5.74) is 0.634. The van der Waals surface area contributed by atoms with Crippen LogP contribution in [0.3, 0.4) is 0 Å². The average molecular weight is 299 g/mol. The van der Waals surface area contributed by atoms with Gasteiger partial charge in [0.1, 0.15) is 12.4 Å². The van der Waals surface area contributed by atoms with Crippen LogP contribution in [0.1, 0.15) is 12.8 Å². The molecule has 0 aromatic heterocycles. The van der Waals surface area contributed by atoms with Gasteiger partial charge in [0.2, 0.25) is 5.91 Å². The summed E-state index contributed by atoms with van der Waals surface area (Å²) in [6.45, 7) is 1.95. The smallest absolute Gasteiger partial charge is 0.250 e. The molecule has 0 aliphatic carbocycles. The molecular weight excluding hydrogens is 280 g/mol. The molecule has 1 heterocycles. The van der Waals surface area contributed by atoms with Crippen LogP contribution in [0.15, 0.2) is 18.2 Å². The maximum atomic E-state index is 11.8. The summed E-state index contributed by atoms with van der Waals surface area (Å²) < 4.78 is 10.6. The van der Waals surface area contributed by atoms with Crippen molar-refractivity contribution in [1.82, 2.24) is 5.32 Å². The van der Waals surface area contributed by atoms with Crippen molar-refractivity contribution in [3.05, 3.63) is 23.2 Å². The van der Waals surface area contributed by atoms with Crippen LogP contribution in [0.4, 0.5) is 5.69 Å². The van der Waals surface area contributed by atoms with Crippen molar-refractivity contribution < 1.29 is 14.3 Å². The average Bonchev–Trinajstić information content (AvgIpc) is 2.46. The van der Waals surface area contributed by atoms with Crippen LogP contribution >= 0.6 is 11.6 Å². The molecule has 1 aromatic carbocycles. The van der Waals surface area contributed by atoms with Crippen LogP contribution in [0.25, 0.3) is 0 Å². The second-order valence-corrected chi connectivity index (χ2v) is 5.07. The van der Waals surface area contributed by atoms with Gasteiger partial charge in [-0.15, -0.1) is 0 Å². The van der Waals surface area contributed by atoms with Crippen LogP contribution in [0.5, 0.6) is 5.75 Å². The Morgan fingerprint density at radius 2 is 2.20 bits per heavy atom. The van der Waals surface area contributed by atoms with Gasteiger partial charge in [0.05, 0.1) is 18.2 Å². The summed E-state index contributed by atoms with van der Waals surface area (Å²) in [4.78, 5) is 11.8. The van der Waals surface area contributed by atoms with Crippen molar-refractivity contribution in [2.45, 2.75) is 18.9 Å². The molecule has 2 rings (SSSR count). The van der Waals surface area contributed by atoms with Gasteiger partial charge in [-0.25, -0.2) is 0 Å². The minimum Gasteiger partial charge on any atom is -0.495 e. The Morgan fingerprint density at radius 1 is 1.45 bits per heavy atom. The highest BCUT2D eigenvalue weighted by Crippen LogP contribution is 2.27. The van der Waals surface area contributed by atoms with Crippen molar-refractivity contribution in [2.24, 2.45) is 0 Å². The molecule has 0 spiro atoms. The number of rotatable bonds is 5. The normalized spacial score (nSPS) is 15.9. The van der Waals surface area contributed by atoms with Gasteiger partial charge < -0.3 is 20.1 Å². The molecule has 110 valence electrons. The van der Waals surface area contributed by atoms with Gasteiger partial charge in [-0.2, -0.15) is 0 Å². The third-order valence-corrected chi connectivity index (χ3v) is 3.47. The molecule has 1 fully saturated rings. The number of halogens is 1. The molecule has 1 saturated heterocycles. The van der Waals surface area contributed by atoms with E-state index in [-0.39, 0.29) is 18.6 Å². The number of piperidine rings is 1. The molecule has 1 amide bonds. The van der Waals surface area contributed by atoms with E-state index in [2.05, 4.69) is 10.6 Å². The van der Waals surface area contributed by atoms with E-state index >= 15 is 0 Å². The predicted molar refractivity (Wildman–Crippen MR) is 78.5 cm³/mol. The van der Waals surface area contributed by atoms with E-state index in [9.17, 15) is 4.79 Å². The number of hydrogen-bond acceptors (Lipinski definition) is 4. The van der Waals surface area contributed by atoms with Crippen LogP contribution < -0.4 is 15.4 Å². The number of benzene rings is 1. The number of methoxy groups -OCH3 is 1. The number of ether oxygens (including phenoxy) is 2. The fraction of sp³-hybridized carbons (Fsp3) is 0.500. The summed E-state index contributed by atoms with van der Waals surface area (Å²) in [5, 5.41) is 6.47. The van der Waals surface area contributed by atoms with Crippen molar-refractivity contribution >= 4 is 23.2 Å². The standard InChI is InChI=1S/C14H19ClN2O3/c1-19-13-3-2-10(8-12(13)15)17-14(18)9-20-11-4-6-16-7-5-11/h2-3,8,11,16H,4-7,9H2,1H3,(H,17,18). The quantitative estimate of drug-likeness (QED) is 0.873. The third kappa shape index (κ3) is 4.37. The molecule has 1 aliphatic rings. The van der Waals surface area contributed by atoms with E-state index < -0.39 is 0 Å². The topological polar surface area (TPSA) is 59.6 Å². The second kappa shape index (κ2) is 7.47. The lowest BCUT2D eigenvalue weighted by molar-refractivity contribution is -0.123. The number of nitrogens with one attached hydrogen (secondary N) is 2. The molecule has 1 aliphatic heterocycles. The molecule has 0 radical (unpaired) electrons. The second-order valence-electron chi connectivity index (χ2n) is 4.66. The van der Waals surface area contributed by atoms with E-state index in [0.717, 1.165) is 25.9 Å².